The van der Waals surface area contributed by atoms with E-state index in [1.165, 1.54) is 21.0 Å². The van der Waals surface area contributed by atoms with Crippen molar-refractivity contribution >= 4 is 17.9 Å². The summed E-state index contributed by atoms with van der Waals surface area (Å²) in [5.41, 5.74) is -1.23. The highest BCUT2D eigenvalue weighted by Crippen LogP contribution is 2.55. The second-order valence-corrected chi connectivity index (χ2v) is 17.7. The van der Waals surface area contributed by atoms with Crippen LogP contribution in [0.25, 0.3) is 0 Å². The highest BCUT2D eigenvalue weighted by Gasteiger charge is 2.62. The molecule has 0 bridgehead atoms. The molecule has 13 heteroatoms. The van der Waals surface area contributed by atoms with Gasteiger partial charge in [-0.1, -0.05) is 41.5 Å². The van der Waals surface area contributed by atoms with E-state index in [0.29, 0.717) is 25.7 Å². The molecular formula is C41H68O13. The first kappa shape index (κ1) is 43.3. The molecular weight excluding hydrogens is 700 g/mol. The van der Waals surface area contributed by atoms with Crippen LogP contribution < -0.4 is 0 Å². The number of esters is 3. The van der Waals surface area contributed by atoms with E-state index in [0.717, 1.165) is 25.7 Å². The predicted octanol–water partition coefficient (Wildman–Crippen LogP) is 5.50. The Labute approximate surface area is 322 Å². The quantitative estimate of drug-likeness (QED) is 0.197. The summed E-state index contributed by atoms with van der Waals surface area (Å²) >= 11 is 0. The van der Waals surface area contributed by atoms with Gasteiger partial charge in [0.1, 0.15) is 12.7 Å². The summed E-state index contributed by atoms with van der Waals surface area (Å²) in [5, 5.41) is 11.4. The molecule has 5 rings (SSSR count). The normalized spacial score (nSPS) is 45.5. The molecule has 0 aliphatic carbocycles. The van der Waals surface area contributed by atoms with E-state index >= 15 is 0 Å². The summed E-state index contributed by atoms with van der Waals surface area (Å²) in [6, 6.07) is 0. The highest BCUT2D eigenvalue weighted by atomic mass is 16.7. The number of carbonyl (C=O) groups is 3. The molecule has 54 heavy (non-hydrogen) atoms. The summed E-state index contributed by atoms with van der Waals surface area (Å²) in [6.45, 7) is 18.8. The molecule has 0 aromatic rings. The number of hydrogen-bond donors (Lipinski definition) is 1. The molecule has 0 aromatic heterocycles. The first-order chi connectivity index (χ1) is 25.3. The average Bonchev–Trinajstić information content (AvgIpc) is 3.83. The van der Waals surface area contributed by atoms with Crippen molar-refractivity contribution in [2.24, 2.45) is 35.5 Å². The Kier molecular flexibility index (Phi) is 13.3. The summed E-state index contributed by atoms with van der Waals surface area (Å²) < 4.78 is 56.6. The number of ether oxygens (including phenoxy) is 9. The Hall–Kier alpha value is -1.87. The van der Waals surface area contributed by atoms with Gasteiger partial charge in [0.15, 0.2) is 5.79 Å². The number of aliphatic hydroxyl groups is 1. The van der Waals surface area contributed by atoms with Crippen molar-refractivity contribution < 1.29 is 62.1 Å². The number of rotatable bonds is 12. The Bertz CT molecular complexity index is 1340. The molecule has 13 nitrogen and oxygen atoms in total. The van der Waals surface area contributed by atoms with Crippen molar-refractivity contribution in [2.75, 3.05) is 20.8 Å². The van der Waals surface area contributed by atoms with E-state index in [2.05, 4.69) is 27.7 Å². The second-order valence-electron chi connectivity index (χ2n) is 17.7. The third-order valence-electron chi connectivity index (χ3n) is 13.8. The fourth-order valence-electron chi connectivity index (χ4n) is 10.6. The maximum Gasteiger partial charge on any atom is 0.311 e. The number of carbonyl (C=O) groups excluding carboxylic acids is 3. The Morgan fingerprint density at radius 1 is 0.926 bits per heavy atom. The molecule has 0 amide bonds. The Morgan fingerprint density at radius 3 is 2.24 bits per heavy atom. The zero-order valence-corrected chi connectivity index (χ0v) is 34.7. The van der Waals surface area contributed by atoms with Crippen LogP contribution in [-0.4, -0.2) is 109 Å². The van der Waals surface area contributed by atoms with Gasteiger partial charge in [0.05, 0.1) is 60.9 Å². The first-order valence-corrected chi connectivity index (χ1v) is 20.3. The minimum atomic E-state index is -1.58. The van der Waals surface area contributed by atoms with Gasteiger partial charge < -0.3 is 47.7 Å². The smallest absolute Gasteiger partial charge is 0.311 e. The molecule has 5 aliphatic heterocycles. The third kappa shape index (κ3) is 8.38. The van der Waals surface area contributed by atoms with Gasteiger partial charge in [-0.15, -0.1) is 0 Å². The van der Waals surface area contributed by atoms with E-state index < -0.39 is 53.0 Å². The minimum Gasteiger partial charge on any atom is -0.469 e. The second kappa shape index (κ2) is 16.5. The van der Waals surface area contributed by atoms with Crippen LogP contribution in [0.5, 0.6) is 0 Å². The molecule has 5 saturated heterocycles. The van der Waals surface area contributed by atoms with Crippen LogP contribution in [0.4, 0.5) is 0 Å². The molecule has 310 valence electrons. The molecule has 17 atom stereocenters. The van der Waals surface area contributed by atoms with Gasteiger partial charge in [-0.05, 0) is 64.2 Å². The molecule has 5 heterocycles. The maximum atomic E-state index is 12.6. The molecule has 0 saturated carbocycles. The van der Waals surface area contributed by atoms with Crippen LogP contribution >= 0.6 is 0 Å². The average molecular weight is 769 g/mol. The number of hydrogen-bond acceptors (Lipinski definition) is 13. The Balaban J connectivity index is 1.32. The van der Waals surface area contributed by atoms with Crippen LogP contribution in [-0.2, 0) is 57.0 Å². The van der Waals surface area contributed by atoms with E-state index in [9.17, 15) is 19.5 Å². The highest BCUT2D eigenvalue weighted by molar-refractivity contribution is 5.72. The number of methoxy groups -OCH3 is 2. The monoisotopic (exact) mass is 768 g/mol. The van der Waals surface area contributed by atoms with Gasteiger partial charge in [-0.2, -0.15) is 0 Å². The topological polar surface area (TPSA) is 155 Å². The van der Waals surface area contributed by atoms with Crippen LogP contribution in [0.3, 0.4) is 0 Å². The minimum absolute atomic E-state index is 0.133. The van der Waals surface area contributed by atoms with Crippen LogP contribution in [0, 0.1) is 35.5 Å². The lowest BCUT2D eigenvalue weighted by Crippen LogP contribution is -2.57. The third-order valence-corrected chi connectivity index (χ3v) is 13.8. The van der Waals surface area contributed by atoms with Crippen LogP contribution in [0.2, 0.25) is 0 Å². The van der Waals surface area contributed by atoms with Gasteiger partial charge >= 0.3 is 17.9 Å². The largest absolute Gasteiger partial charge is 0.469 e. The van der Waals surface area contributed by atoms with E-state index in [-0.39, 0.29) is 72.6 Å². The standard InChI is InChI=1S/C41H68O13/c1-13-39(36-23(3)19-30(50-36)33-22(2)18-24(4)41(45,53-33)21-48-28(8)42)15-14-32(51-39)38(10)16-17-40(54-38)20-31(49-29(9)43)25(5)35(52-40)26(6)34(46-11)27(7)37(44)47-12/h22-27,30-36,45H,13-21H2,1-12H3. The van der Waals surface area contributed by atoms with Crippen molar-refractivity contribution in [3.8, 4) is 0 Å². The lowest BCUT2D eigenvalue weighted by atomic mass is 9.78. The molecule has 5 aliphatic rings. The van der Waals surface area contributed by atoms with E-state index in [4.69, 9.17) is 42.6 Å². The van der Waals surface area contributed by atoms with Gasteiger partial charge in [-0.3, -0.25) is 14.4 Å². The fourth-order valence-corrected chi connectivity index (χ4v) is 10.6. The molecule has 17 unspecified atom stereocenters. The van der Waals surface area contributed by atoms with Gasteiger partial charge in [0.2, 0.25) is 5.79 Å². The summed E-state index contributed by atoms with van der Waals surface area (Å²) in [7, 11) is 2.95. The molecule has 1 N–H and O–H groups in total. The predicted molar refractivity (Wildman–Crippen MR) is 196 cm³/mol. The van der Waals surface area contributed by atoms with Crippen molar-refractivity contribution in [1.29, 1.82) is 0 Å². The molecule has 1 spiro atoms. The summed E-state index contributed by atoms with van der Waals surface area (Å²) in [4.78, 5) is 36.5. The Morgan fingerprint density at radius 2 is 1.63 bits per heavy atom. The molecule has 5 fully saturated rings. The van der Waals surface area contributed by atoms with Crippen molar-refractivity contribution in [1.82, 2.24) is 0 Å². The SMILES string of the molecule is CCC1(C2OC(C3OC(O)(COC(C)=O)C(C)CC3C)CC2C)CCC(C2(C)CCC3(CC(OC(C)=O)C(C)C(C(C)C(OC)C(C)C(=O)OC)O3)O2)O1. The fraction of sp³-hybridized carbons (Fsp3) is 0.927. The van der Waals surface area contributed by atoms with Crippen LogP contribution in [0.15, 0.2) is 0 Å². The van der Waals surface area contributed by atoms with Crippen molar-refractivity contribution in [3.05, 3.63) is 0 Å². The summed E-state index contributed by atoms with van der Waals surface area (Å²) in [6.07, 6.45) is 3.00. The maximum absolute atomic E-state index is 12.6. The lowest BCUT2D eigenvalue weighted by molar-refractivity contribution is -0.336. The van der Waals surface area contributed by atoms with E-state index in [1.807, 2.05) is 20.8 Å². The van der Waals surface area contributed by atoms with Crippen molar-refractivity contribution in [3.63, 3.8) is 0 Å². The zero-order chi connectivity index (χ0) is 40.0. The van der Waals surface area contributed by atoms with Gasteiger partial charge in [0.25, 0.3) is 0 Å². The lowest BCUT2D eigenvalue weighted by Gasteiger charge is -2.49. The van der Waals surface area contributed by atoms with Gasteiger partial charge in [0, 0.05) is 51.6 Å². The zero-order valence-electron chi connectivity index (χ0n) is 34.7. The molecule has 0 aromatic carbocycles. The van der Waals surface area contributed by atoms with Gasteiger partial charge in [-0.25, -0.2) is 0 Å². The molecule has 0 radical (unpaired) electrons. The van der Waals surface area contributed by atoms with Crippen molar-refractivity contribution in [2.45, 2.75) is 186 Å². The van der Waals surface area contributed by atoms with E-state index in [1.54, 1.807) is 14.0 Å². The summed E-state index contributed by atoms with van der Waals surface area (Å²) in [5.74, 6) is -4.69. The van der Waals surface area contributed by atoms with Crippen LogP contribution in [0.1, 0.15) is 121 Å². The first-order valence-electron chi connectivity index (χ1n) is 20.3.